The van der Waals surface area contributed by atoms with Crippen molar-refractivity contribution in [3.63, 3.8) is 0 Å². The molecule has 2 atom stereocenters. The smallest absolute Gasteiger partial charge is 0.263 e. The maximum atomic E-state index is 14.8. The van der Waals surface area contributed by atoms with Gasteiger partial charge in [0.25, 0.3) is 5.91 Å². The summed E-state index contributed by atoms with van der Waals surface area (Å²) in [5, 5.41) is 10.3. The van der Waals surface area contributed by atoms with Crippen LogP contribution in [0, 0.1) is 5.82 Å². The van der Waals surface area contributed by atoms with Crippen LogP contribution >= 0.6 is 11.6 Å². The van der Waals surface area contributed by atoms with Crippen LogP contribution < -0.4 is 9.47 Å². The van der Waals surface area contributed by atoms with Gasteiger partial charge in [0, 0.05) is 26.2 Å². The van der Waals surface area contributed by atoms with E-state index in [0.29, 0.717) is 13.2 Å². The predicted octanol–water partition coefficient (Wildman–Crippen LogP) is 3.04. The molecule has 0 bridgehead atoms. The van der Waals surface area contributed by atoms with E-state index in [1.165, 1.54) is 24.3 Å². The largest absolute Gasteiger partial charge is 0.507 e. The Hall–Kier alpha value is -3.37. The Balaban J connectivity index is 1.58. The van der Waals surface area contributed by atoms with Gasteiger partial charge in [0.15, 0.2) is 5.75 Å². The number of piperazine rings is 1. The molecule has 2 aromatic rings. The second-order valence-electron chi connectivity index (χ2n) is 8.82. The van der Waals surface area contributed by atoms with Gasteiger partial charge in [-0.2, -0.15) is 0 Å². The van der Waals surface area contributed by atoms with Gasteiger partial charge in [-0.25, -0.2) is 9.37 Å². The number of rotatable bonds is 5. The lowest BCUT2D eigenvalue weighted by molar-refractivity contribution is -0.128. The number of halogens is 2. The van der Waals surface area contributed by atoms with E-state index < -0.39 is 17.8 Å². The van der Waals surface area contributed by atoms with E-state index >= 15 is 0 Å². The van der Waals surface area contributed by atoms with Crippen molar-refractivity contribution in [2.45, 2.75) is 25.0 Å². The van der Waals surface area contributed by atoms with Crippen LogP contribution in [0.25, 0.3) is 11.3 Å². The van der Waals surface area contributed by atoms with Crippen molar-refractivity contribution < 1.29 is 33.3 Å². The van der Waals surface area contributed by atoms with E-state index in [-0.39, 0.29) is 77.5 Å². The molecule has 2 saturated heterocycles. The summed E-state index contributed by atoms with van der Waals surface area (Å²) < 4.78 is 32.4. The number of fused-ring (bicyclic) bond motifs is 2. The van der Waals surface area contributed by atoms with E-state index in [4.69, 9.17) is 25.8 Å². The topological polar surface area (TPSA) is 101 Å². The zero-order valence-electron chi connectivity index (χ0n) is 19.4. The monoisotopic (exact) mass is 517 g/mol. The zero-order chi connectivity index (χ0) is 25.4. The summed E-state index contributed by atoms with van der Waals surface area (Å²) in [5.41, 5.74) is -0.318. The molecule has 5 rings (SSSR count). The number of hydrogen-bond donors (Lipinski definition) is 1. The third-order valence-corrected chi connectivity index (χ3v) is 6.93. The molecule has 9 nitrogen and oxygen atoms in total. The molecule has 190 valence electrons. The molecule has 0 aliphatic carbocycles. The molecule has 1 aromatic carbocycles. The quantitative estimate of drug-likeness (QED) is 0.608. The lowest BCUT2D eigenvalue weighted by Crippen LogP contribution is -2.57. The standard InChI is InChI=1S/C25H25ClFN3O6/c1-2-18(32)29-8-9-30-14(11-29)12-35-23-20(25(30)33)24(36-13-15-5-4-10-34-15)28-22(21(23)26)19-16(27)6-3-7-17(19)31/h2-3,6-7,14-15,31H,1,4-5,8-13H2/t14-,15-/m1/s1. The number of aromatic hydroxyl groups is 1. The van der Waals surface area contributed by atoms with Gasteiger partial charge in [-0.05, 0) is 31.1 Å². The number of pyridine rings is 1. The minimum atomic E-state index is -0.745. The summed E-state index contributed by atoms with van der Waals surface area (Å²) in [4.78, 5) is 33.5. The van der Waals surface area contributed by atoms with Crippen molar-refractivity contribution in [1.29, 1.82) is 0 Å². The molecular weight excluding hydrogens is 493 g/mol. The highest BCUT2D eigenvalue weighted by Crippen LogP contribution is 2.45. The van der Waals surface area contributed by atoms with Crippen molar-refractivity contribution in [3.05, 3.63) is 47.3 Å². The molecule has 1 aromatic heterocycles. The van der Waals surface area contributed by atoms with Crippen LogP contribution in [0.3, 0.4) is 0 Å². The minimum absolute atomic E-state index is 0.00680. The molecule has 2 amide bonds. The van der Waals surface area contributed by atoms with Crippen molar-refractivity contribution in [2.24, 2.45) is 0 Å². The number of ether oxygens (including phenoxy) is 3. The van der Waals surface area contributed by atoms with E-state index in [2.05, 4.69) is 11.6 Å². The van der Waals surface area contributed by atoms with E-state index in [9.17, 15) is 19.1 Å². The van der Waals surface area contributed by atoms with Crippen LogP contribution in [-0.4, -0.2) is 83.3 Å². The first-order valence-electron chi connectivity index (χ1n) is 11.7. The molecule has 36 heavy (non-hydrogen) atoms. The van der Waals surface area contributed by atoms with Gasteiger partial charge in [0.2, 0.25) is 11.8 Å². The minimum Gasteiger partial charge on any atom is -0.507 e. The highest BCUT2D eigenvalue weighted by Gasteiger charge is 2.40. The summed E-state index contributed by atoms with van der Waals surface area (Å²) >= 11 is 6.65. The maximum Gasteiger partial charge on any atom is 0.263 e. The van der Waals surface area contributed by atoms with Crippen LogP contribution in [0.5, 0.6) is 17.4 Å². The molecule has 1 N–H and O–H groups in total. The number of aromatic nitrogens is 1. The number of carbonyl (C=O) groups is 2. The fourth-order valence-corrected chi connectivity index (χ4v) is 5.01. The Bertz CT molecular complexity index is 1200. The van der Waals surface area contributed by atoms with Crippen LogP contribution in [0.15, 0.2) is 30.9 Å². The lowest BCUT2D eigenvalue weighted by atomic mass is 10.1. The molecule has 2 fully saturated rings. The fraction of sp³-hybridized carbons (Fsp3) is 0.400. The number of hydrogen-bond acceptors (Lipinski definition) is 7. The molecule has 0 spiro atoms. The van der Waals surface area contributed by atoms with Crippen molar-refractivity contribution in [2.75, 3.05) is 39.5 Å². The molecule has 4 heterocycles. The summed E-state index contributed by atoms with van der Waals surface area (Å²) in [7, 11) is 0. The fourth-order valence-electron chi connectivity index (χ4n) is 4.73. The number of nitrogens with zero attached hydrogens (tertiary/aromatic N) is 3. The second kappa shape index (κ2) is 9.94. The summed E-state index contributed by atoms with van der Waals surface area (Å²) in [5.74, 6) is -1.86. The van der Waals surface area contributed by atoms with E-state index in [1.54, 1.807) is 9.80 Å². The predicted molar refractivity (Wildman–Crippen MR) is 128 cm³/mol. The first-order valence-corrected chi connectivity index (χ1v) is 12.1. The van der Waals surface area contributed by atoms with Crippen LogP contribution in [0.2, 0.25) is 5.02 Å². The van der Waals surface area contributed by atoms with Gasteiger partial charge in [0.05, 0.1) is 17.7 Å². The number of phenolic OH excluding ortho intramolecular Hbond substituents is 1. The Labute approximate surface area is 212 Å². The van der Waals surface area contributed by atoms with Crippen LogP contribution in [0.1, 0.15) is 23.2 Å². The Morgan fingerprint density at radius 1 is 1.36 bits per heavy atom. The third-order valence-electron chi connectivity index (χ3n) is 6.58. The summed E-state index contributed by atoms with van der Waals surface area (Å²) in [6, 6.07) is 3.39. The van der Waals surface area contributed by atoms with Gasteiger partial charge in [-0.3, -0.25) is 9.59 Å². The normalized spacial score (nSPS) is 21.3. The van der Waals surface area contributed by atoms with Gasteiger partial charge >= 0.3 is 0 Å². The van der Waals surface area contributed by atoms with Crippen LogP contribution in [0.4, 0.5) is 4.39 Å². The molecule has 3 aliphatic rings. The molecule has 0 saturated carbocycles. The number of carbonyl (C=O) groups excluding carboxylic acids is 2. The highest BCUT2D eigenvalue weighted by atomic mass is 35.5. The second-order valence-corrected chi connectivity index (χ2v) is 9.19. The average molecular weight is 518 g/mol. The van der Waals surface area contributed by atoms with Crippen LogP contribution in [-0.2, 0) is 9.53 Å². The van der Waals surface area contributed by atoms with Gasteiger partial charge in [-0.15, -0.1) is 0 Å². The first-order chi connectivity index (χ1) is 17.4. The van der Waals surface area contributed by atoms with E-state index in [0.717, 1.165) is 12.8 Å². The van der Waals surface area contributed by atoms with Crippen molar-refractivity contribution in [3.8, 4) is 28.6 Å². The number of benzene rings is 1. The van der Waals surface area contributed by atoms with E-state index in [1.807, 2.05) is 0 Å². The zero-order valence-corrected chi connectivity index (χ0v) is 20.2. The number of phenols is 1. The van der Waals surface area contributed by atoms with Gasteiger partial charge in [-0.1, -0.05) is 24.2 Å². The molecule has 0 radical (unpaired) electrons. The highest BCUT2D eigenvalue weighted by molar-refractivity contribution is 6.35. The molecular formula is C25H25ClFN3O6. The molecule has 0 unspecified atom stereocenters. The Kier molecular flexibility index (Phi) is 6.72. The molecule has 3 aliphatic heterocycles. The third kappa shape index (κ3) is 4.35. The molecule has 11 heteroatoms. The summed E-state index contributed by atoms with van der Waals surface area (Å²) in [6.07, 6.45) is 2.75. The summed E-state index contributed by atoms with van der Waals surface area (Å²) in [6.45, 7) is 5.16. The Morgan fingerprint density at radius 2 is 2.19 bits per heavy atom. The van der Waals surface area contributed by atoms with Gasteiger partial charge in [0.1, 0.15) is 41.1 Å². The first kappa shape index (κ1) is 24.3. The maximum absolute atomic E-state index is 14.8. The van der Waals surface area contributed by atoms with Crippen molar-refractivity contribution >= 4 is 23.4 Å². The SMILES string of the molecule is C=CC(=O)N1CCN2C(=O)c3c(OC[C@H]4CCCO4)nc(-c4c(O)cccc4F)c(Cl)c3OC[C@H]2C1. The average Bonchev–Trinajstić information content (AvgIpc) is 3.35. The van der Waals surface area contributed by atoms with Crippen molar-refractivity contribution in [1.82, 2.24) is 14.8 Å². The Morgan fingerprint density at radius 3 is 2.92 bits per heavy atom. The van der Waals surface area contributed by atoms with Gasteiger partial charge < -0.3 is 29.1 Å². The number of amides is 2. The lowest BCUT2D eigenvalue weighted by Gasteiger charge is -2.39.